The summed E-state index contributed by atoms with van der Waals surface area (Å²) in [6, 6.07) is 3.03. The van der Waals surface area contributed by atoms with Crippen molar-refractivity contribution < 1.29 is 18.0 Å². The van der Waals surface area contributed by atoms with Crippen LogP contribution in [-0.2, 0) is 4.79 Å². The zero-order valence-corrected chi connectivity index (χ0v) is 9.58. The molecule has 1 aromatic heterocycles. The average molecular weight is 281 g/mol. The first-order chi connectivity index (χ1) is 7.89. The highest BCUT2D eigenvalue weighted by Crippen LogP contribution is 2.33. The second-order valence-corrected chi connectivity index (χ2v) is 4.37. The van der Waals surface area contributed by atoms with Crippen LogP contribution in [0.4, 0.5) is 18.9 Å². The Hall–Kier alpha value is -1.34. The molecule has 0 saturated heterocycles. The van der Waals surface area contributed by atoms with Gasteiger partial charge in [0.15, 0.2) is 0 Å². The maximum absolute atomic E-state index is 12.1. The van der Waals surface area contributed by atoms with Crippen LogP contribution in [0.1, 0.15) is 0 Å². The third kappa shape index (κ3) is 2.34. The lowest BCUT2D eigenvalue weighted by molar-refractivity contribution is -0.167. The van der Waals surface area contributed by atoms with Gasteiger partial charge in [0, 0.05) is 0 Å². The fourth-order valence-corrected chi connectivity index (χ4v) is 2.09. The number of thiazole rings is 1. The molecule has 3 nitrogen and oxygen atoms in total. The number of benzene rings is 1. The normalized spacial score (nSPS) is 11.8. The Kier molecular flexibility index (Phi) is 2.96. The summed E-state index contributed by atoms with van der Waals surface area (Å²) in [4.78, 5) is 14.7. The number of aromatic nitrogens is 1. The van der Waals surface area contributed by atoms with E-state index in [1.807, 2.05) is 0 Å². The van der Waals surface area contributed by atoms with E-state index in [1.54, 1.807) is 11.4 Å². The molecule has 2 aromatic rings. The second-order valence-electron chi connectivity index (χ2n) is 3.07. The molecule has 1 aromatic carbocycles. The van der Waals surface area contributed by atoms with Gasteiger partial charge in [0.1, 0.15) is 5.52 Å². The minimum absolute atomic E-state index is 0.0148. The van der Waals surface area contributed by atoms with Crippen molar-refractivity contribution in [1.82, 2.24) is 4.98 Å². The monoisotopic (exact) mass is 280 g/mol. The summed E-state index contributed by atoms with van der Waals surface area (Å²) < 4.78 is 37.0. The Morgan fingerprint density at radius 2 is 2.12 bits per heavy atom. The summed E-state index contributed by atoms with van der Waals surface area (Å²) in [5, 5.41) is 1.74. The predicted octanol–water partition coefficient (Wildman–Crippen LogP) is 3.45. The Balaban J connectivity index is 2.45. The number of carbonyl (C=O) groups excluding carboxylic acids is 1. The van der Waals surface area contributed by atoms with E-state index in [0.29, 0.717) is 4.70 Å². The number of rotatable bonds is 1. The number of hydrogen-bond acceptors (Lipinski definition) is 3. The topological polar surface area (TPSA) is 42.0 Å². The maximum Gasteiger partial charge on any atom is 0.471 e. The van der Waals surface area contributed by atoms with Crippen molar-refractivity contribution >= 4 is 44.7 Å². The lowest BCUT2D eigenvalue weighted by atomic mass is 10.3. The van der Waals surface area contributed by atoms with Gasteiger partial charge in [-0.3, -0.25) is 4.79 Å². The van der Waals surface area contributed by atoms with Crippen LogP contribution in [0.5, 0.6) is 0 Å². The van der Waals surface area contributed by atoms with E-state index in [-0.39, 0.29) is 16.2 Å². The van der Waals surface area contributed by atoms with Crippen molar-refractivity contribution in [2.45, 2.75) is 6.18 Å². The molecule has 1 heterocycles. The zero-order valence-electron chi connectivity index (χ0n) is 8.01. The van der Waals surface area contributed by atoms with Crippen LogP contribution < -0.4 is 5.32 Å². The number of nitrogens with one attached hydrogen (secondary N) is 1. The van der Waals surface area contributed by atoms with Gasteiger partial charge in [-0.1, -0.05) is 11.6 Å². The van der Waals surface area contributed by atoms with Crippen LogP contribution >= 0.6 is 22.9 Å². The van der Waals surface area contributed by atoms with Crippen molar-refractivity contribution in [1.29, 1.82) is 0 Å². The van der Waals surface area contributed by atoms with Crippen molar-refractivity contribution in [3.05, 3.63) is 22.7 Å². The second kappa shape index (κ2) is 4.15. The largest absolute Gasteiger partial charge is 0.471 e. The molecule has 2 rings (SSSR count). The van der Waals surface area contributed by atoms with E-state index in [0.717, 1.165) is 0 Å². The van der Waals surface area contributed by atoms with Gasteiger partial charge < -0.3 is 5.32 Å². The first-order valence-corrected chi connectivity index (χ1v) is 5.55. The van der Waals surface area contributed by atoms with Crippen molar-refractivity contribution in [2.24, 2.45) is 0 Å². The fourth-order valence-electron chi connectivity index (χ4n) is 1.21. The number of fused-ring (bicyclic) bond motifs is 1. The van der Waals surface area contributed by atoms with E-state index in [9.17, 15) is 18.0 Å². The molecule has 0 bridgehead atoms. The lowest BCUT2D eigenvalue weighted by Gasteiger charge is -2.09. The number of halogens is 4. The number of carbonyl (C=O) groups is 1. The molecule has 0 aliphatic heterocycles. The van der Waals surface area contributed by atoms with Crippen molar-refractivity contribution in [2.75, 3.05) is 5.32 Å². The molecule has 1 amide bonds. The van der Waals surface area contributed by atoms with Gasteiger partial charge in [0.05, 0.1) is 20.9 Å². The Morgan fingerprint density at radius 1 is 1.41 bits per heavy atom. The standard InChI is InChI=1S/C9H4ClF3N2OS/c10-4-1-2-5-7(14-3-17-5)6(4)15-8(16)9(11,12)13/h1-3H,(H,15,16). The lowest BCUT2D eigenvalue weighted by Crippen LogP contribution is -2.30. The third-order valence-corrected chi connectivity index (χ3v) is 3.06. The van der Waals surface area contributed by atoms with E-state index >= 15 is 0 Å². The molecule has 0 aliphatic carbocycles. The molecule has 1 N–H and O–H groups in total. The first kappa shape index (κ1) is 12.1. The van der Waals surface area contributed by atoms with Gasteiger partial charge in [-0.05, 0) is 12.1 Å². The Morgan fingerprint density at radius 3 is 2.76 bits per heavy atom. The molecule has 0 saturated carbocycles. The van der Waals surface area contributed by atoms with E-state index in [1.165, 1.54) is 22.9 Å². The highest BCUT2D eigenvalue weighted by atomic mass is 35.5. The smallest absolute Gasteiger partial charge is 0.315 e. The minimum atomic E-state index is -4.96. The maximum atomic E-state index is 12.1. The SMILES string of the molecule is O=C(Nc1c(Cl)ccc2scnc12)C(F)(F)F. The zero-order chi connectivity index (χ0) is 12.6. The van der Waals surface area contributed by atoms with Gasteiger partial charge in [-0.25, -0.2) is 4.98 Å². The molecule has 0 unspecified atom stereocenters. The fraction of sp³-hybridized carbons (Fsp3) is 0.111. The molecule has 90 valence electrons. The molecule has 0 radical (unpaired) electrons. The molecule has 0 aliphatic rings. The third-order valence-electron chi connectivity index (χ3n) is 1.95. The van der Waals surface area contributed by atoms with Crippen molar-refractivity contribution in [3.8, 4) is 0 Å². The average Bonchev–Trinajstić information content (AvgIpc) is 2.68. The van der Waals surface area contributed by atoms with Gasteiger partial charge in [0.2, 0.25) is 0 Å². The number of anilines is 1. The van der Waals surface area contributed by atoms with Gasteiger partial charge in [-0.2, -0.15) is 13.2 Å². The minimum Gasteiger partial charge on any atom is -0.315 e. The summed E-state index contributed by atoms with van der Waals surface area (Å²) in [7, 11) is 0. The highest BCUT2D eigenvalue weighted by Gasteiger charge is 2.39. The predicted molar refractivity (Wildman–Crippen MR) is 59.3 cm³/mol. The van der Waals surface area contributed by atoms with Crippen LogP contribution in [0.25, 0.3) is 10.2 Å². The molecule has 17 heavy (non-hydrogen) atoms. The summed E-state index contributed by atoms with van der Waals surface area (Å²) in [6.07, 6.45) is -4.96. The molecule has 0 atom stereocenters. The summed E-state index contributed by atoms with van der Waals surface area (Å²) in [5.41, 5.74) is 1.59. The first-order valence-electron chi connectivity index (χ1n) is 4.29. The summed E-state index contributed by atoms with van der Waals surface area (Å²) >= 11 is 6.98. The van der Waals surface area contributed by atoms with E-state index in [2.05, 4.69) is 4.98 Å². The van der Waals surface area contributed by atoms with Gasteiger partial charge in [-0.15, -0.1) is 11.3 Å². The van der Waals surface area contributed by atoms with Gasteiger partial charge in [0.25, 0.3) is 0 Å². The Labute approximate surface area is 102 Å². The van der Waals surface area contributed by atoms with Crippen LogP contribution in [-0.4, -0.2) is 17.1 Å². The summed E-state index contributed by atoms with van der Waals surface area (Å²) in [6.45, 7) is 0. The van der Waals surface area contributed by atoms with Crippen molar-refractivity contribution in [3.63, 3.8) is 0 Å². The number of amides is 1. The molecule has 0 fully saturated rings. The summed E-state index contributed by atoms with van der Waals surface area (Å²) in [5.74, 6) is -2.07. The van der Waals surface area contributed by atoms with E-state index in [4.69, 9.17) is 11.6 Å². The number of nitrogens with zero attached hydrogens (tertiary/aromatic N) is 1. The Bertz CT molecular complexity index is 581. The molecule has 8 heteroatoms. The van der Waals surface area contributed by atoms with Gasteiger partial charge >= 0.3 is 12.1 Å². The number of alkyl halides is 3. The highest BCUT2D eigenvalue weighted by molar-refractivity contribution is 7.16. The van der Waals surface area contributed by atoms with Crippen LogP contribution in [0.3, 0.4) is 0 Å². The molecular weight excluding hydrogens is 277 g/mol. The van der Waals surface area contributed by atoms with Crippen LogP contribution in [0, 0.1) is 0 Å². The quantitative estimate of drug-likeness (QED) is 0.869. The number of hydrogen-bond donors (Lipinski definition) is 1. The van der Waals surface area contributed by atoms with Crippen LogP contribution in [0.15, 0.2) is 17.6 Å². The van der Waals surface area contributed by atoms with Crippen LogP contribution in [0.2, 0.25) is 5.02 Å². The molecule has 0 spiro atoms. The van der Waals surface area contributed by atoms with E-state index < -0.39 is 12.1 Å². The molecular formula is C9H4ClF3N2OS.